The molecule has 6 rings (SSSR count). The van der Waals surface area contributed by atoms with Crippen LogP contribution in [0.1, 0.15) is 11.1 Å². The van der Waals surface area contributed by atoms with Crippen molar-refractivity contribution in [2.75, 3.05) is 21.3 Å². The van der Waals surface area contributed by atoms with E-state index in [1.54, 1.807) is 32.0 Å². The van der Waals surface area contributed by atoms with E-state index in [9.17, 15) is 19.7 Å². The van der Waals surface area contributed by atoms with Gasteiger partial charge in [-0.3, -0.25) is 19.7 Å². The number of hydrogen-bond donors (Lipinski definition) is 4. The smallest absolute Gasteiger partial charge is 0.320 e. The molecule has 2 atom stereocenters. The molecule has 3 heterocycles. The second-order valence-corrected chi connectivity index (χ2v) is 11.8. The molecule has 3 aromatic carbocycles. The molecule has 2 unspecified atom stereocenters. The summed E-state index contributed by atoms with van der Waals surface area (Å²) in [5, 5.41) is 31.6. The van der Waals surface area contributed by atoms with Gasteiger partial charge in [-0.05, 0) is 47.5 Å². The number of nitrogens with two attached hydrogens (primary N) is 2. The van der Waals surface area contributed by atoms with Gasteiger partial charge in [-0.15, -0.1) is 0 Å². The summed E-state index contributed by atoms with van der Waals surface area (Å²) in [7, 11) is 10.4. The first-order valence-electron chi connectivity index (χ1n) is 15.7. The minimum atomic E-state index is -1.13. The fourth-order valence-electron chi connectivity index (χ4n) is 5.99. The second kappa shape index (κ2) is 16.1. The summed E-state index contributed by atoms with van der Waals surface area (Å²) in [6, 6.07) is 14.7. The standard InChI is InChI=1S/C13H15N3O5.C13H16N2O3.C10H11NO/c1-15-6-7(5-8(14)13(17)18)11-10(21-2)4-3-9(12(11)15)16(19)20;1-15-7-8(6-9(14)13(16)17)12-10(15)4-3-5-11(12)18-2;1-11-7-6-8-9(11)4-3-5-10(8)12-2/h3-4,6,8H,5,14H2,1-2H3,(H,17,18);3-5,7,9H,6,14H2,1-2H3,(H,16,17);3-7H,1-2H3. The summed E-state index contributed by atoms with van der Waals surface area (Å²) in [5.41, 5.74) is 15.2. The first-order chi connectivity index (χ1) is 24.2. The normalized spacial score (nSPS) is 12.0. The van der Waals surface area contributed by atoms with Gasteiger partial charge in [0, 0.05) is 69.4 Å². The van der Waals surface area contributed by atoms with Crippen LogP contribution in [0.4, 0.5) is 5.69 Å². The van der Waals surface area contributed by atoms with E-state index in [0.717, 1.165) is 28.0 Å². The molecule has 0 spiro atoms. The molecule has 0 saturated carbocycles. The van der Waals surface area contributed by atoms with Gasteiger partial charge in [-0.25, -0.2) is 0 Å². The van der Waals surface area contributed by atoms with Crippen LogP contribution in [-0.4, -0.2) is 74.2 Å². The lowest BCUT2D eigenvalue weighted by atomic mass is 10.0. The molecule has 0 aliphatic rings. The number of carboxylic acid groups (broad SMARTS) is 2. The van der Waals surface area contributed by atoms with Gasteiger partial charge < -0.3 is 49.6 Å². The number of benzene rings is 3. The number of nitro groups is 1. The van der Waals surface area contributed by atoms with E-state index in [-0.39, 0.29) is 18.5 Å². The molecule has 3 aromatic heterocycles. The van der Waals surface area contributed by atoms with Crippen molar-refractivity contribution < 1.29 is 38.9 Å². The molecule has 0 amide bonds. The first kappa shape index (κ1) is 37.8. The number of non-ortho nitro benzene ring substituents is 1. The van der Waals surface area contributed by atoms with Crippen molar-refractivity contribution in [2.45, 2.75) is 24.9 Å². The maximum absolute atomic E-state index is 11.1. The van der Waals surface area contributed by atoms with Gasteiger partial charge in [0.2, 0.25) is 0 Å². The quantitative estimate of drug-likeness (QED) is 0.116. The summed E-state index contributed by atoms with van der Waals surface area (Å²) in [4.78, 5) is 32.4. The molecule has 51 heavy (non-hydrogen) atoms. The van der Waals surface area contributed by atoms with E-state index >= 15 is 0 Å². The summed E-state index contributed by atoms with van der Waals surface area (Å²) in [5.74, 6) is -0.00382. The van der Waals surface area contributed by atoms with Crippen molar-refractivity contribution in [3.05, 3.63) is 94.4 Å². The number of aryl methyl sites for hydroxylation is 3. The molecule has 0 saturated heterocycles. The molecule has 15 heteroatoms. The van der Waals surface area contributed by atoms with Gasteiger partial charge in [-0.1, -0.05) is 12.1 Å². The Balaban J connectivity index is 0.000000177. The summed E-state index contributed by atoms with van der Waals surface area (Å²) < 4.78 is 21.4. The predicted octanol–water partition coefficient (Wildman–Crippen LogP) is 4.38. The van der Waals surface area contributed by atoms with Gasteiger partial charge in [0.15, 0.2) is 0 Å². The minimum absolute atomic E-state index is 0.0597. The van der Waals surface area contributed by atoms with Crippen LogP contribution >= 0.6 is 0 Å². The van der Waals surface area contributed by atoms with E-state index in [1.165, 1.54) is 30.1 Å². The van der Waals surface area contributed by atoms with Crippen molar-refractivity contribution in [1.29, 1.82) is 0 Å². The lowest BCUT2D eigenvalue weighted by Gasteiger charge is -2.08. The lowest BCUT2D eigenvalue weighted by Crippen LogP contribution is -2.32. The highest BCUT2D eigenvalue weighted by molar-refractivity contribution is 5.97. The number of ether oxygens (including phenoxy) is 3. The highest BCUT2D eigenvalue weighted by Crippen LogP contribution is 2.37. The molecule has 15 nitrogen and oxygen atoms in total. The van der Waals surface area contributed by atoms with E-state index in [0.29, 0.717) is 22.2 Å². The van der Waals surface area contributed by atoms with Crippen molar-refractivity contribution in [2.24, 2.45) is 32.6 Å². The number of hydrogen-bond acceptors (Lipinski definition) is 9. The number of aromatic nitrogens is 3. The minimum Gasteiger partial charge on any atom is -0.496 e. The summed E-state index contributed by atoms with van der Waals surface area (Å²) in [6.07, 6.45) is 5.92. The summed E-state index contributed by atoms with van der Waals surface area (Å²) in [6.45, 7) is 0. The Kier molecular flexibility index (Phi) is 11.9. The third-order valence-corrected chi connectivity index (χ3v) is 8.45. The van der Waals surface area contributed by atoms with Crippen LogP contribution in [-0.2, 0) is 43.6 Å². The van der Waals surface area contributed by atoms with E-state index in [4.69, 9.17) is 35.9 Å². The average molecular weight is 703 g/mol. The lowest BCUT2D eigenvalue weighted by molar-refractivity contribution is -0.383. The number of nitrogens with zero attached hydrogens (tertiary/aromatic N) is 4. The van der Waals surface area contributed by atoms with Gasteiger partial charge >= 0.3 is 11.9 Å². The van der Waals surface area contributed by atoms with E-state index in [2.05, 4.69) is 16.7 Å². The number of nitro benzene ring substituents is 1. The molecule has 0 aliphatic heterocycles. The zero-order valence-corrected chi connectivity index (χ0v) is 29.2. The van der Waals surface area contributed by atoms with Crippen molar-refractivity contribution in [3.63, 3.8) is 0 Å². The topological polar surface area (TPSA) is 212 Å². The SMILES string of the molecule is COc1ccc([N+](=O)[O-])c2c1c(CC(N)C(=O)O)cn2C.COc1cccc2c1c(CC(N)C(=O)O)cn2C.COc1cccc2c1ccn2C. The van der Waals surface area contributed by atoms with Crippen LogP contribution in [0.2, 0.25) is 0 Å². The Morgan fingerprint density at radius 1 is 0.725 bits per heavy atom. The molecule has 0 bridgehead atoms. The summed E-state index contributed by atoms with van der Waals surface area (Å²) >= 11 is 0. The Labute approximate surface area is 293 Å². The van der Waals surface area contributed by atoms with E-state index < -0.39 is 28.9 Å². The van der Waals surface area contributed by atoms with Crippen LogP contribution in [0.5, 0.6) is 17.2 Å². The second-order valence-electron chi connectivity index (χ2n) is 11.8. The van der Waals surface area contributed by atoms with E-state index in [1.807, 2.05) is 61.4 Å². The van der Waals surface area contributed by atoms with Crippen LogP contribution in [0.15, 0.2) is 73.2 Å². The van der Waals surface area contributed by atoms with Crippen LogP contribution in [0.3, 0.4) is 0 Å². The third kappa shape index (κ3) is 8.06. The van der Waals surface area contributed by atoms with Crippen molar-refractivity contribution in [3.8, 4) is 17.2 Å². The number of methoxy groups -OCH3 is 3. The Morgan fingerprint density at radius 2 is 1.24 bits per heavy atom. The maximum atomic E-state index is 11.1. The largest absolute Gasteiger partial charge is 0.496 e. The third-order valence-electron chi connectivity index (χ3n) is 8.45. The average Bonchev–Trinajstić information content (AvgIpc) is 3.76. The zero-order chi connectivity index (χ0) is 37.6. The zero-order valence-electron chi connectivity index (χ0n) is 29.2. The molecule has 0 fully saturated rings. The fourth-order valence-corrected chi connectivity index (χ4v) is 5.99. The molecule has 270 valence electrons. The Bertz CT molecular complexity index is 2200. The Hall–Kier alpha value is -6.06. The molecular weight excluding hydrogens is 660 g/mol. The van der Waals surface area contributed by atoms with Crippen LogP contribution in [0, 0.1) is 10.1 Å². The molecule has 6 aromatic rings. The fraction of sp³-hybridized carbons (Fsp3) is 0.278. The predicted molar refractivity (Wildman–Crippen MR) is 194 cm³/mol. The number of fused-ring (bicyclic) bond motifs is 3. The maximum Gasteiger partial charge on any atom is 0.320 e. The van der Waals surface area contributed by atoms with Gasteiger partial charge in [0.05, 0.1) is 42.7 Å². The molecular formula is C36H42N6O9. The molecule has 6 N–H and O–H groups in total. The number of rotatable bonds is 10. The van der Waals surface area contributed by atoms with Crippen molar-refractivity contribution in [1.82, 2.24) is 13.7 Å². The number of aliphatic carboxylic acids is 2. The number of carbonyl (C=O) groups is 2. The van der Waals surface area contributed by atoms with Crippen LogP contribution in [0.25, 0.3) is 32.7 Å². The molecule has 0 radical (unpaired) electrons. The number of carboxylic acids is 2. The highest BCUT2D eigenvalue weighted by atomic mass is 16.6. The molecule has 0 aliphatic carbocycles. The van der Waals surface area contributed by atoms with Gasteiger partial charge in [0.1, 0.15) is 34.8 Å². The van der Waals surface area contributed by atoms with Crippen molar-refractivity contribution >= 4 is 50.3 Å². The van der Waals surface area contributed by atoms with Crippen LogP contribution < -0.4 is 25.7 Å². The van der Waals surface area contributed by atoms with Gasteiger partial charge in [0.25, 0.3) is 5.69 Å². The Morgan fingerprint density at radius 3 is 1.78 bits per heavy atom. The first-order valence-corrected chi connectivity index (χ1v) is 15.7. The highest BCUT2D eigenvalue weighted by Gasteiger charge is 2.24. The van der Waals surface area contributed by atoms with Gasteiger partial charge in [-0.2, -0.15) is 0 Å². The monoisotopic (exact) mass is 702 g/mol.